The van der Waals surface area contributed by atoms with Crippen LogP contribution in [0.1, 0.15) is 60.6 Å². The summed E-state index contributed by atoms with van der Waals surface area (Å²) in [4.78, 5) is 39.7. The number of amides is 3. The Morgan fingerprint density at radius 2 is 1.47 bits per heavy atom. The zero-order valence-corrected chi connectivity index (χ0v) is 21.0. The van der Waals surface area contributed by atoms with Crippen LogP contribution in [0.4, 0.5) is 23.9 Å². The van der Waals surface area contributed by atoms with E-state index < -0.39 is 29.4 Å². The predicted octanol–water partition coefficient (Wildman–Crippen LogP) is 3.98. The first-order valence-electron chi connectivity index (χ1n) is 13.0. The average Bonchev–Trinajstić information content (AvgIpc) is 3.38. The first kappa shape index (κ1) is 25.9. The maximum atomic E-state index is 14.6. The van der Waals surface area contributed by atoms with Crippen LogP contribution in [0.5, 0.6) is 0 Å². The van der Waals surface area contributed by atoms with Gasteiger partial charge in [0.15, 0.2) is 11.5 Å². The molecule has 0 unspecified atom stereocenters. The molecule has 1 aromatic carbocycles. The van der Waals surface area contributed by atoms with Crippen LogP contribution in [-0.4, -0.2) is 82.2 Å². The molecule has 12 heteroatoms. The topological polar surface area (TPSA) is 85.2 Å². The summed E-state index contributed by atoms with van der Waals surface area (Å²) in [5, 5.41) is 5.40. The maximum absolute atomic E-state index is 14.6. The first-order valence-corrected chi connectivity index (χ1v) is 13.0. The highest BCUT2D eigenvalue weighted by Crippen LogP contribution is 2.30. The fraction of sp³-hybridized carbons (Fsp3) is 0.500. The summed E-state index contributed by atoms with van der Waals surface area (Å²) >= 11 is 0. The highest BCUT2D eigenvalue weighted by molar-refractivity contribution is 5.92. The lowest BCUT2D eigenvalue weighted by atomic mass is 10.0. The van der Waals surface area contributed by atoms with Gasteiger partial charge in [0.25, 0.3) is 5.91 Å². The number of carbonyl (C=O) groups excluding carboxylic acids is 2. The second kappa shape index (κ2) is 11.4. The van der Waals surface area contributed by atoms with Gasteiger partial charge in [-0.1, -0.05) is 19.3 Å². The van der Waals surface area contributed by atoms with Crippen LogP contribution in [0.2, 0.25) is 0 Å². The van der Waals surface area contributed by atoms with Crippen molar-refractivity contribution in [3.8, 4) is 0 Å². The Bertz CT molecular complexity index is 1190. The number of likely N-dealkylation sites (tertiary alicyclic amines) is 1. The van der Waals surface area contributed by atoms with Crippen molar-refractivity contribution >= 4 is 24.1 Å². The second-order valence-electron chi connectivity index (χ2n) is 9.78. The van der Waals surface area contributed by atoms with Crippen molar-refractivity contribution in [2.45, 2.75) is 44.6 Å². The van der Waals surface area contributed by atoms with E-state index in [0.29, 0.717) is 51.3 Å². The molecule has 9 nitrogen and oxygen atoms in total. The van der Waals surface area contributed by atoms with E-state index in [9.17, 15) is 22.8 Å². The summed E-state index contributed by atoms with van der Waals surface area (Å²) in [5.41, 5.74) is 0.106. The number of anilines is 1. The van der Waals surface area contributed by atoms with E-state index in [-0.39, 0.29) is 17.7 Å². The van der Waals surface area contributed by atoms with E-state index in [1.807, 2.05) is 0 Å². The lowest BCUT2D eigenvalue weighted by molar-refractivity contribution is 0.0731. The van der Waals surface area contributed by atoms with E-state index >= 15 is 0 Å². The van der Waals surface area contributed by atoms with Gasteiger partial charge in [0, 0.05) is 58.0 Å². The summed E-state index contributed by atoms with van der Waals surface area (Å²) in [5.74, 6) is -2.36. The van der Waals surface area contributed by atoms with Crippen molar-refractivity contribution in [1.82, 2.24) is 24.8 Å². The molecule has 3 aliphatic rings. The summed E-state index contributed by atoms with van der Waals surface area (Å²) < 4.78 is 42.1. The number of carbonyl (C=O) groups is 2. The van der Waals surface area contributed by atoms with E-state index in [4.69, 9.17) is 0 Å². The normalized spacial score (nSPS) is 20.4. The Kier molecular flexibility index (Phi) is 7.75. The molecule has 3 aliphatic heterocycles. The number of halogens is 3. The average molecular weight is 530 g/mol. The molecule has 0 aliphatic carbocycles. The lowest BCUT2D eigenvalue weighted by Crippen LogP contribution is -2.52. The molecule has 2 saturated heterocycles. The summed E-state index contributed by atoms with van der Waals surface area (Å²) in [6.45, 7) is 2.52. The van der Waals surface area contributed by atoms with Crippen LogP contribution in [0.25, 0.3) is 0 Å². The Balaban J connectivity index is 1.23. The molecule has 1 atom stereocenters. The van der Waals surface area contributed by atoms with Crippen molar-refractivity contribution in [1.29, 1.82) is 0 Å². The standard InChI is InChI=1S/C26H30F3N7O2/c27-19-14-18(15-20(28)16-19)22-6-7-31-36(22)26(38)35-12-10-34(11-13-35)25-30-17-21(29)23(32-25)24(37)33-8-4-2-1-3-5-9-33/h7,14-17,22H,1-6,8-13H2/t22-/m0/s1. The molecule has 0 radical (unpaired) electrons. The zero-order valence-electron chi connectivity index (χ0n) is 21.0. The Morgan fingerprint density at radius 1 is 0.816 bits per heavy atom. The number of urea groups is 1. The molecule has 1 aromatic heterocycles. The van der Waals surface area contributed by atoms with Gasteiger partial charge < -0.3 is 14.7 Å². The number of hydrazone groups is 1. The van der Waals surface area contributed by atoms with E-state index in [2.05, 4.69) is 15.1 Å². The number of piperazine rings is 1. The van der Waals surface area contributed by atoms with Crippen LogP contribution < -0.4 is 4.90 Å². The second-order valence-corrected chi connectivity index (χ2v) is 9.78. The minimum absolute atomic E-state index is 0.231. The highest BCUT2D eigenvalue weighted by atomic mass is 19.1. The van der Waals surface area contributed by atoms with E-state index in [1.54, 1.807) is 20.9 Å². The molecule has 0 spiro atoms. The van der Waals surface area contributed by atoms with Gasteiger partial charge in [-0.15, -0.1) is 0 Å². The molecule has 38 heavy (non-hydrogen) atoms. The summed E-state index contributed by atoms with van der Waals surface area (Å²) in [6, 6.07) is 2.23. The van der Waals surface area contributed by atoms with Crippen molar-refractivity contribution in [3.05, 3.63) is 53.1 Å². The number of hydrogen-bond acceptors (Lipinski definition) is 6. The zero-order chi connectivity index (χ0) is 26.6. The minimum atomic E-state index is -0.749. The Labute approximate surface area is 218 Å². The largest absolute Gasteiger partial charge is 0.341 e. The smallest absolute Gasteiger partial charge is 0.337 e. The van der Waals surface area contributed by atoms with Gasteiger partial charge in [0.1, 0.15) is 11.6 Å². The van der Waals surface area contributed by atoms with Crippen LogP contribution in [-0.2, 0) is 0 Å². The third-order valence-corrected chi connectivity index (χ3v) is 7.21. The molecule has 4 heterocycles. The summed E-state index contributed by atoms with van der Waals surface area (Å²) in [7, 11) is 0. The molecular formula is C26H30F3N7O2. The molecule has 2 fully saturated rings. The van der Waals surface area contributed by atoms with Crippen LogP contribution in [0.15, 0.2) is 29.5 Å². The molecule has 0 bridgehead atoms. The molecule has 2 aromatic rings. The van der Waals surface area contributed by atoms with Gasteiger partial charge in [-0.3, -0.25) is 4.79 Å². The van der Waals surface area contributed by atoms with Crippen LogP contribution in [0, 0.1) is 17.5 Å². The SMILES string of the molecule is O=C(c1nc(N2CCN(C(=O)N3N=CC[C@H]3c3cc(F)cc(F)c3)CC2)ncc1F)N1CCCCCCC1. The van der Waals surface area contributed by atoms with E-state index in [0.717, 1.165) is 44.4 Å². The van der Waals surface area contributed by atoms with Gasteiger partial charge in [-0.2, -0.15) is 5.10 Å². The van der Waals surface area contributed by atoms with Gasteiger partial charge >= 0.3 is 6.03 Å². The van der Waals surface area contributed by atoms with E-state index in [1.165, 1.54) is 17.1 Å². The molecule has 202 valence electrons. The Morgan fingerprint density at radius 3 is 2.16 bits per heavy atom. The first-order chi connectivity index (χ1) is 18.4. The number of benzene rings is 1. The van der Waals surface area contributed by atoms with Crippen LogP contribution in [0.3, 0.4) is 0 Å². The van der Waals surface area contributed by atoms with Crippen molar-refractivity contribution in [3.63, 3.8) is 0 Å². The number of aromatic nitrogens is 2. The van der Waals surface area contributed by atoms with Crippen LogP contribution >= 0.6 is 0 Å². The Hall–Kier alpha value is -3.70. The fourth-order valence-electron chi connectivity index (χ4n) is 5.15. The molecule has 0 saturated carbocycles. The predicted molar refractivity (Wildman–Crippen MR) is 134 cm³/mol. The lowest BCUT2D eigenvalue weighted by Gasteiger charge is -2.37. The number of hydrogen-bond donors (Lipinski definition) is 0. The number of nitrogens with zero attached hydrogens (tertiary/aromatic N) is 7. The third kappa shape index (κ3) is 5.58. The maximum Gasteiger partial charge on any atom is 0.341 e. The highest BCUT2D eigenvalue weighted by Gasteiger charge is 2.34. The van der Waals surface area contributed by atoms with Gasteiger partial charge in [-0.05, 0) is 30.5 Å². The fourth-order valence-corrected chi connectivity index (χ4v) is 5.15. The monoisotopic (exact) mass is 529 g/mol. The van der Waals surface area contributed by atoms with Gasteiger partial charge in [-0.25, -0.2) is 32.9 Å². The van der Waals surface area contributed by atoms with Crippen molar-refractivity contribution in [2.75, 3.05) is 44.2 Å². The van der Waals surface area contributed by atoms with Gasteiger partial charge in [0.2, 0.25) is 5.95 Å². The quantitative estimate of drug-likeness (QED) is 0.601. The summed E-state index contributed by atoms with van der Waals surface area (Å²) in [6.07, 6.45) is 7.95. The van der Waals surface area contributed by atoms with Gasteiger partial charge in [0.05, 0.1) is 12.2 Å². The molecular weight excluding hydrogens is 499 g/mol. The third-order valence-electron chi connectivity index (χ3n) is 7.21. The molecule has 0 N–H and O–H groups in total. The molecule has 5 rings (SSSR count). The minimum Gasteiger partial charge on any atom is -0.337 e. The number of rotatable bonds is 3. The van der Waals surface area contributed by atoms with Crippen molar-refractivity contribution < 1.29 is 22.8 Å². The molecule has 3 amide bonds. The van der Waals surface area contributed by atoms with Crippen molar-refractivity contribution in [2.24, 2.45) is 5.10 Å².